The fourth-order valence-electron chi connectivity index (χ4n) is 4.43. The van der Waals surface area contributed by atoms with Crippen LogP contribution in [0.15, 0.2) is 24.4 Å². The van der Waals surface area contributed by atoms with Crippen molar-refractivity contribution in [3.8, 4) is 0 Å². The van der Waals surface area contributed by atoms with Crippen LogP contribution >= 0.6 is 11.6 Å². The van der Waals surface area contributed by atoms with Gasteiger partial charge in [-0.3, -0.25) is 9.88 Å². The Labute approximate surface area is 159 Å². The number of nitrogens with zero attached hydrogens (tertiary/aromatic N) is 3. The molecule has 2 amide bonds. The number of fused-ring (bicyclic) bond motifs is 3. The van der Waals surface area contributed by atoms with E-state index in [0.29, 0.717) is 17.5 Å². The summed E-state index contributed by atoms with van der Waals surface area (Å²) >= 11 is 6.27. The number of amides is 2. The van der Waals surface area contributed by atoms with Crippen LogP contribution in [-0.4, -0.2) is 42.6 Å². The van der Waals surface area contributed by atoms with Crippen molar-refractivity contribution in [2.45, 2.75) is 38.3 Å². The van der Waals surface area contributed by atoms with E-state index in [1.54, 1.807) is 4.90 Å². The summed E-state index contributed by atoms with van der Waals surface area (Å²) in [6.45, 7) is 1.65. The van der Waals surface area contributed by atoms with E-state index in [2.05, 4.69) is 10.3 Å². The van der Waals surface area contributed by atoms with Crippen molar-refractivity contribution in [2.75, 3.05) is 25.5 Å². The van der Waals surface area contributed by atoms with E-state index >= 15 is 0 Å². The van der Waals surface area contributed by atoms with Gasteiger partial charge in [0.1, 0.15) is 0 Å². The summed E-state index contributed by atoms with van der Waals surface area (Å²) in [7, 11) is 3.88. The lowest BCUT2D eigenvalue weighted by molar-refractivity contribution is 0.202. The third-order valence-corrected chi connectivity index (χ3v) is 5.97. The summed E-state index contributed by atoms with van der Waals surface area (Å²) in [5.74, 6) is 0.706. The molecule has 1 aromatic heterocycles. The Kier molecular flexibility index (Phi) is 4.76. The first-order valence-electron chi connectivity index (χ1n) is 9.34. The molecule has 0 atom stereocenters. The predicted molar refractivity (Wildman–Crippen MR) is 106 cm³/mol. The highest BCUT2D eigenvalue weighted by molar-refractivity contribution is 6.31. The number of pyridine rings is 1. The summed E-state index contributed by atoms with van der Waals surface area (Å²) < 4.78 is 0. The Bertz CT molecular complexity index is 832. The number of nitrogens with one attached hydrogen (secondary N) is 1. The standard InChI is InChI=1S/C20H25ClN4O/c1-22-10-13-3-6-16(7-4-13)25-19-14(12-24(2)20(25)26)11-23-18-8-5-15(21)9-17(18)19/h5,8-9,11,13,16,22H,3-4,6-7,10,12H2,1-2H3/t13-,16-. The molecule has 1 aromatic carbocycles. The summed E-state index contributed by atoms with van der Waals surface area (Å²) in [4.78, 5) is 21.5. The Morgan fingerprint density at radius 1 is 1.27 bits per heavy atom. The van der Waals surface area contributed by atoms with Crippen molar-refractivity contribution in [1.82, 2.24) is 15.2 Å². The van der Waals surface area contributed by atoms with Crippen LogP contribution in [0.2, 0.25) is 5.02 Å². The first-order chi connectivity index (χ1) is 12.6. The zero-order valence-corrected chi connectivity index (χ0v) is 16.1. The highest BCUT2D eigenvalue weighted by Gasteiger charge is 2.36. The van der Waals surface area contributed by atoms with Gasteiger partial charge in [-0.1, -0.05) is 11.6 Å². The molecule has 2 aromatic rings. The van der Waals surface area contributed by atoms with Gasteiger partial charge in [0.2, 0.25) is 0 Å². The quantitative estimate of drug-likeness (QED) is 0.884. The number of urea groups is 1. The molecule has 138 valence electrons. The van der Waals surface area contributed by atoms with Crippen LogP contribution in [0.25, 0.3) is 10.9 Å². The van der Waals surface area contributed by atoms with E-state index in [4.69, 9.17) is 11.6 Å². The van der Waals surface area contributed by atoms with E-state index in [1.807, 2.05) is 43.4 Å². The number of carbonyl (C=O) groups excluding carboxylic acids is 1. The van der Waals surface area contributed by atoms with Crippen LogP contribution in [-0.2, 0) is 6.54 Å². The number of hydrogen-bond acceptors (Lipinski definition) is 3. The first kappa shape index (κ1) is 17.6. The maximum absolute atomic E-state index is 13.1. The highest BCUT2D eigenvalue weighted by atomic mass is 35.5. The third kappa shape index (κ3) is 3.03. The van der Waals surface area contributed by atoms with Crippen LogP contribution in [0.5, 0.6) is 0 Å². The average molecular weight is 373 g/mol. The second kappa shape index (κ2) is 7.05. The number of hydrogen-bond donors (Lipinski definition) is 1. The van der Waals surface area contributed by atoms with Crippen molar-refractivity contribution >= 4 is 34.2 Å². The Morgan fingerprint density at radius 2 is 2.04 bits per heavy atom. The lowest BCUT2D eigenvalue weighted by Gasteiger charge is -2.43. The molecule has 6 heteroatoms. The van der Waals surface area contributed by atoms with Crippen LogP contribution in [0.1, 0.15) is 31.2 Å². The van der Waals surface area contributed by atoms with Crippen LogP contribution in [0.3, 0.4) is 0 Å². The van der Waals surface area contributed by atoms with E-state index < -0.39 is 0 Å². The fourth-order valence-corrected chi connectivity index (χ4v) is 4.60. The number of rotatable bonds is 3. The van der Waals surface area contributed by atoms with Gasteiger partial charge < -0.3 is 10.2 Å². The summed E-state index contributed by atoms with van der Waals surface area (Å²) in [6.07, 6.45) is 6.29. The smallest absolute Gasteiger partial charge is 0.323 e. The normalized spacial score (nSPS) is 23.4. The van der Waals surface area contributed by atoms with Crippen molar-refractivity contribution < 1.29 is 4.79 Å². The van der Waals surface area contributed by atoms with Gasteiger partial charge in [-0.25, -0.2) is 4.79 Å². The number of anilines is 1. The molecule has 1 fully saturated rings. The molecular formula is C20H25ClN4O. The largest absolute Gasteiger partial charge is 0.324 e. The second-order valence-corrected chi connectivity index (χ2v) is 7.97. The highest BCUT2D eigenvalue weighted by Crippen LogP contribution is 2.40. The van der Waals surface area contributed by atoms with Crippen molar-refractivity contribution in [3.63, 3.8) is 0 Å². The monoisotopic (exact) mass is 372 g/mol. The Morgan fingerprint density at radius 3 is 2.77 bits per heavy atom. The zero-order chi connectivity index (χ0) is 18.3. The second-order valence-electron chi connectivity index (χ2n) is 7.53. The average Bonchev–Trinajstić information content (AvgIpc) is 2.64. The summed E-state index contributed by atoms with van der Waals surface area (Å²) in [6, 6.07) is 6.06. The molecule has 0 unspecified atom stereocenters. The SMILES string of the molecule is CNC[C@H]1CC[C@H](N2C(=O)N(C)Cc3cnc4ccc(Cl)cc4c32)CC1. The van der Waals surface area contributed by atoms with Crippen molar-refractivity contribution in [3.05, 3.63) is 35.0 Å². The fraction of sp³-hybridized carbons (Fsp3) is 0.500. The van der Waals surface area contributed by atoms with E-state index in [1.165, 1.54) is 0 Å². The number of halogens is 1. The van der Waals surface area contributed by atoms with Crippen molar-refractivity contribution in [2.24, 2.45) is 5.92 Å². The topological polar surface area (TPSA) is 48.5 Å². The minimum Gasteiger partial charge on any atom is -0.323 e. The molecule has 1 aliphatic carbocycles. The Balaban J connectivity index is 1.76. The lowest BCUT2D eigenvalue weighted by atomic mass is 9.84. The molecule has 5 nitrogen and oxygen atoms in total. The predicted octanol–water partition coefficient (Wildman–Crippen LogP) is 4.04. The summed E-state index contributed by atoms with van der Waals surface area (Å²) in [5.41, 5.74) is 3.00. The molecule has 0 radical (unpaired) electrons. The first-order valence-corrected chi connectivity index (χ1v) is 9.72. The van der Waals surface area contributed by atoms with Crippen LogP contribution < -0.4 is 10.2 Å². The van der Waals surface area contributed by atoms with Gasteiger partial charge in [0.25, 0.3) is 0 Å². The zero-order valence-electron chi connectivity index (χ0n) is 15.3. The molecule has 1 saturated carbocycles. The molecule has 4 rings (SSSR count). The maximum atomic E-state index is 13.1. The third-order valence-electron chi connectivity index (χ3n) is 5.73. The molecular weight excluding hydrogens is 348 g/mol. The minimum absolute atomic E-state index is 0.0852. The van der Waals surface area contributed by atoms with E-state index in [9.17, 15) is 4.79 Å². The summed E-state index contributed by atoms with van der Waals surface area (Å²) in [5, 5.41) is 4.94. The van der Waals surface area contributed by atoms with Gasteiger partial charge in [0.05, 0.1) is 17.7 Å². The molecule has 2 aliphatic rings. The molecule has 26 heavy (non-hydrogen) atoms. The van der Waals surface area contributed by atoms with Gasteiger partial charge in [0, 0.05) is 35.3 Å². The molecule has 1 N–H and O–H groups in total. The van der Waals surface area contributed by atoms with Gasteiger partial charge in [-0.05, 0) is 63.4 Å². The molecule has 0 saturated heterocycles. The minimum atomic E-state index is 0.0852. The van der Waals surface area contributed by atoms with Crippen LogP contribution in [0.4, 0.5) is 10.5 Å². The maximum Gasteiger partial charge on any atom is 0.324 e. The van der Waals surface area contributed by atoms with E-state index in [0.717, 1.165) is 54.4 Å². The number of carbonyl (C=O) groups is 1. The van der Waals surface area contributed by atoms with Gasteiger partial charge in [0.15, 0.2) is 0 Å². The lowest BCUT2D eigenvalue weighted by Crippen LogP contribution is -2.51. The van der Waals surface area contributed by atoms with Gasteiger partial charge in [-0.2, -0.15) is 0 Å². The molecule has 0 spiro atoms. The van der Waals surface area contributed by atoms with Crippen LogP contribution in [0, 0.1) is 5.92 Å². The number of benzene rings is 1. The molecule has 1 aliphatic heterocycles. The number of aromatic nitrogens is 1. The van der Waals surface area contributed by atoms with Gasteiger partial charge in [-0.15, -0.1) is 0 Å². The van der Waals surface area contributed by atoms with Gasteiger partial charge >= 0.3 is 6.03 Å². The molecule has 2 heterocycles. The van der Waals surface area contributed by atoms with E-state index in [-0.39, 0.29) is 12.1 Å². The van der Waals surface area contributed by atoms with Crippen molar-refractivity contribution in [1.29, 1.82) is 0 Å². The Hall–Kier alpha value is -1.85. The molecule has 0 bridgehead atoms.